The Bertz CT molecular complexity index is 1280. The van der Waals surface area contributed by atoms with Gasteiger partial charge in [0.05, 0.1) is 5.69 Å². The first-order chi connectivity index (χ1) is 15.1. The largest absolute Gasteiger partial charge is 0.337 e. The molecule has 0 bridgehead atoms. The molecule has 1 aliphatic rings. The predicted octanol–water partition coefficient (Wildman–Crippen LogP) is 1.94. The molecule has 4 aromatic rings. The van der Waals surface area contributed by atoms with Gasteiger partial charge >= 0.3 is 0 Å². The van der Waals surface area contributed by atoms with Crippen LogP contribution in [0.5, 0.6) is 0 Å². The molecule has 0 saturated carbocycles. The van der Waals surface area contributed by atoms with E-state index in [1.54, 1.807) is 23.1 Å². The number of hydrogen-bond acceptors (Lipinski definition) is 5. The number of nitrogens with zero attached hydrogens (tertiary/aromatic N) is 7. The summed E-state index contributed by atoms with van der Waals surface area (Å²) in [5.41, 5.74) is 2.01. The number of imidazole rings is 1. The Morgan fingerprint density at radius 3 is 2.71 bits per heavy atom. The van der Waals surface area contributed by atoms with Crippen LogP contribution >= 0.6 is 0 Å². The topological polar surface area (TPSA) is 90.3 Å². The third-order valence-corrected chi connectivity index (χ3v) is 5.83. The van der Waals surface area contributed by atoms with Crippen molar-refractivity contribution in [2.24, 2.45) is 5.92 Å². The van der Waals surface area contributed by atoms with Gasteiger partial charge in [-0.2, -0.15) is 5.10 Å². The second kappa shape index (κ2) is 7.82. The Kier molecular flexibility index (Phi) is 4.85. The third kappa shape index (κ3) is 3.63. The van der Waals surface area contributed by atoms with Gasteiger partial charge in [-0.05, 0) is 49.9 Å². The summed E-state index contributed by atoms with van der Waals surface area (Å²) in [6.07, 6.45) is 6.99. The maximum absolute atomic E-state index is 13.2. The van der Waals surface area contributed by atoms with Crippen LogP contribution in [0.15, 0.2) is 59.8 Å². The molecule has 0 atom stereocenters. The molecule has 0 aliphatic carbocycles. The molecule has 1 saturated heterocycles. The second-order valence-electron chi connectivity index (χ2n) is 7.87. The third-order valence-electron chi connectivity index (χ3n) is 5.83. The highest BCUT2D eigenvalue weighted by Crippen LogP contribution is 2.22. The number of aryl methyl sites for hydroxylation is 1. The van der Waals surface area contributed by atoms with E-state index in [-0.39, 0.29) is 17.4 Å². The van der Waals surface area contributed by atoms with Gasteiger partial charge in [0.25, 0.3) is 11.5 Å². The summed E-state index contributed by atoms with van der Waals surface area (Å²) in [5, 5.41) is 8.64. The normalized spacial score (nSPS) is 14.9. The van der Waals surface area contributed by atoms with Crippen molar-refractivity contribution in [2.45, 2.75) is 26.3 Å². The molecule has 0 radical (unpaired) electrons. The van der Waals surface area contributed by atoms with Crippen molar-refractivity contribution >= 4 is 11.6 Å². The number of amides is 1. The van der Waals surface area contributed by atoms with Crippen LogP contribution in [0.1, 0.15) is 29.0 Å². The van der Waals surface area contributed by atoms with Gasteiger partial charge in [0.15, 0.2) is 5.82 Å². The number of likely N-dealkylation sites (tertiary alicyclic amines) is 1. The SMILES string of the molecule is Cc1nc2ccccn2c1C(=O)N1CCC(Cn2nc(-n3cccn3)ccc2=O)CC1. The molecule has 31 heavy (non-hydrogen) atoms. The summed E-state index contributed by atoms with van der Waals surface area (Å²) in [7, 11) is 0. The zero-order chi connectivity index (χ0) is 21.4. The molecular weight excluding hydrogens is 394 g/mol. The van der Waals surface area contributed by atoms with Crippen molar-refractivity contribution in [3.63, 3.8) is 0 Å². The van der Waals surface area contributed by atoms with Crippen LogP contribution in [-0.4, -0.2) is 52.8 Å². The van der Waals surface area contributed by atoms with Crippen molar-refractivity contribution in [3.8, 4) is 5.82 Å². The highest BCUT2D eigenvalue weighted by Gasteiger charge is 2.27. The van der Waals surface area contributed by atoms with Crippen molar-refractivity contribution in [1.29, 1.82) is 0 Å². The zero-order valence-electron chi connectivity index (χ0n) is 17.3. The number of pyridine rings is 1. The predicted molar refractivity (Wildman–Crippen MR) is 114 cm³/mol. The van der Waals surface area contributed by atoms with Crippen LogP contribution < -0.4 is 5.56 Å². The van der Waals surface area contributed by atoms with Gasteiger partial charge in [-0.15, -0.1) is 5.10 Å². The second-order valence-corrected chi connectivity index (χ2v) is 7.87. The molecule has 9 nitrogen and oxygen atoms in total. The molecule has 0 aromatic carbocycles. The monoisotopic (exact) mass is 417 g/mol. The Hall–Kier alpha value is -3.75. The zero-order valence-corrected chi connectivity index (χ0v) is 17.3. The van der Waals surface area contributed by atoms with E-state index < -0.39 is 0 Å². The lowest BCUT2D eigenvalue weighted by molar-refractivity contribution is 0.0672. The van der Waals surface area contributed by atoms with E-state index >= 15 is 0 Å². The first-order valence-corrected chi connectivity index (χ1v) is 10.4. The molecule has 1 aliphatic heterocycles. The number of carbonyl (C=O) groups excluding carboxylic acids is 1. The first kappa shape index (κ1) is 19.2. The number of hydrogen-bond donors (Lipinski definition) is 0. The Labute approximate surface area is 178 Å². The maximum Gasteiger partial charge on any atom is 0.272 e. The van der Waals surface area contributed by atoms with E-state index in [1.807, 2.05) is 46.7 Å². The minimum atomic E-state index is -0.129. The molecule has 1 amide bonds. The van der Waals surface area contributed by atoms with E-state index in [0.29, 0.717) is 31.1 Å². The molecule has 0 spiro atoms. The smallest absolute Gasteiger partial charge is 0.272 e. The van der Waals surface area contributed by atoms with E-state index in [0.717, 1.165) is 24.2 Å². The minimum absolute atomic E-state index is 0.00521. The quantitative estimate of drug-likeness (QED) is 0.506. The number of rotatable bonds is 4. The van der Waals surface area contributed by atoms with E-state index in [4.69, 9.17) is 0 Å². The average molecular weight is 417 g/mol. The summed E-state index contributed by atoms with van der Waals surface area (Å²) in [5.74, 6) is 0.899. The summed E-state index contributed by atoms with van der Waals surface area (Å²) in [6, 6.07) is 10.7. The van der Waals surface area contributed by atoms with Gasteiger partial charge in [-0.25, -0.2) is 14.3 Å². The van der Waals surface area contributed by atoms with Gasteiger partial charge in [0.2, 0.25) is 0 Å². The van der Waals surface area contributed by atoms with Gasteiger partial charge in [0.1, 0.15) is 11.3 Å². The average Bonchev–Trinajstić information content (AvgIpc) is 3.43. The fourth-order valence-electron chi connectivity index (χ4n) is 4.18. The van der Waals surface area contributed by atoms with Crippen LogP contribution in [-0.2, 0) is 6.54 Å². The van der Waals surface area contributed by atoms with Crippen LogP contribution in [0.2, 0.25) is 0 Å². The van der Waals surface area contributed by atoms with Crippen molar-refractivity contribution in [2.75, 3.05) is 13.1 Å². The maximum atomic E-state index is 13.2. The van der Waals surface area contributed by atoms with Crippen LogP contribution in [0.25, 0.3) is 11.5 Å². The van der Waals surface area contributed by atoms with Crippen molar-refractivity contribution in [1.82, 2.24) is 33.8 Å². The van der Waals surface area contributed by atoms with E-state index in [2.05, 4.69) is 15.2 Å². The summed E-state index contributed by atoms with van der Waals surface area (Å²) in [6.45, 7) is 3.70. The molecule has 0 unspecified atom stereocenters. The van der Waals surface area contributed by atoms with Gasteiger partial charge in [-0.1, -0.05) is 6.07 Å². The Balaban J connectivity index is 1.28. The van der Waals surface area contributed by atoms with E-state index in [1.165, 1.54) is 10.7 Å². The molecule has 5 rings (SSSR count). The first-order valence-electron chi connectivity index (χ1n) is 10.4. The number of piperidine rings is 1. The molecule has 158 valence electrons. The highest BCUT2D eigenvalue weighted by atomic mass is 16.2. The van der Waals surface area contributed by atoms with Gasteiger partial charge < -0.3 is 4.90 Å². The summed E-state index contributed by atoms with van der Waals surface area (Å²) >= 11 is 0. The van der Waals surface area contributed by atoms with Gasteiger partial charge in [0, 0.05) is 44.3 Å². The van der Waals surface area contributed by atoms with Crippen LogP contribution in [0.4, 0.5) is 0 Å². The van der Waals surface area contributed by atoms with Gasteiger partial charge in [-0.3, -0.25) is 14.0 Å². The molecule has 4 aromatic heterocycles. The Morgan fingerprint density at radius 2 is 1.94 bits per heavy atom. The lowest BCUT2D eigenvalue weighted by atomic mass is 9.96. The fraction of sp³-hybridized carbons (Fsp3) is 0.318. The van der Waals surface area contributed by atoms with Crippen LogP contribution in [0, 0.1) is 12.8 Å². The molecule has 0 N–H and O–H groups in total. The lowest BCUT2D eigenvalue weighted by Crippen LogP contribution is -2.41. The minimum Gasteiger partial charge on any atom is -0.337 e. The van der Waals surface area contributed by atoms with Crippen molar-refractivity contribution in [3.05, 3.63) is 76.7 Å². The fourth-order valence-corrected chi connectivity index (χ4v) is 4.18. The molecular formula is C22H23N7O2. The Morgan fingerprint density at radius 1 is 1.10 bits per heavy atom. The number of aromatic nitrogens is 6. The van der Waals surface area contributed by atoms with Crippen molar-refractivity contribution < 1.29 is 4.79 Å². The number of fused-ring (bicyclic) bond motifs is 1. The molecule has 5 heterocycles. The lowest BCUT2D eigenvalue weighted by Gasteiger charge is -2.32. The van der Waals surface area contributed by atoms with E-state index in [9.17, 15) is 9.59 Å². The number of carbonyl (C=O) groups is 1. The molecule has 1 fully saturated rings. The summed E-state index contributed by atoms with van der Waals surface area (Å²) < 4.78 is 5.00. The van der Waals surface area contributed by atoms with Crippen LogP contribution in [0.3, 0.4) is 0 Å². The highest BCUT2D eigenvalue weighted by molar-refractivity contribution is 5.94. The standard InChI is InChI=1S/C22H23N7O2/c1-16-21(27-11-3-2-5-18(27)24-16)22(31)26-13-8-17(9-14-26)15-29-20(30)7-6-19(25-29)28-12-4-10-23-28/h2-7,10-12,17H,8-9,13-15H2,1H3. The summed E-state index contributed by atoms with van der Waals surface area (Å²) in [4.78, 5) is 31.9. The molecule has 9 heteroatoms.